The predicted octanol–water partition coefficient (Wildman–Crippen LogP) is 2.04. The van der Waals surface area contributed by atoms with Crippen molar-refractivity contribution in [3.63, 3.8) is 0 Å². The Hall–Kier alpha value is -0.610. The van der Waals surface area contributed by atoms with Gasteiger partial charge in [-0.15, -0.1) is 0 Å². The molecule has 19 heavy (non-hydrogen) atoms. The van der Waals surface area contributed by atoms with Gasteiger partial charge in [0.05, 0.1) is 6.61 Å². The molecule has 0 aromatic rings. The molecular formula is C15H30N2O2. The van der Waals surface area contributed by atoms with Gasteiger partial charge >= 0.3 is 0 Å². The summed E-state index contributed by atoms with van der Waals surface area (Å²) in [6, 6.07) is 0.365. The highest BCUT2D eigenvalue weighted by atomic mass is 16.5. The van der Waals surface area contributed by atoms with Crippen molar-refractivity contribution in [1.82, 2.24) is 10.2 Å². The highest BCUT2D eigenvalue weighted by Gasteiger charge is 2.24. The number of carbonyl (C=O) groups is 1. The van der Waals surface area contributed by atoms with E-state index < -0.39 is 0 Å². The summed E-state index contributed by atoms with van der Waals surface area (Å²) in [7, 11) is 1.70. The molecule has 1 fully saturated rings. The standard InChI is InChI=1S/C15H30N2O2/c1-4-14(5-2)17(10-11-19-3)15(18)12-13-6-8-16-9-7-13/h13-14,16H,4-12H2,1-3H3. The Morgan fingerprint density at radius 2 is 1.95 bits per heavy atom. The third-order valence-electron chi connectivity index (χ3n) is 4.16. The lowest BCUT2D eigenvalue weighted by Crippen LogP contribution is -2.43. The molecule has 1 aliphatic rings. The Balaban J connectivity index is 2.53. The van der Waals surface area contributed by atoms with Gasteiger partial charge < -0.3 is 15.0 Å². The highest BCUT2D eigenvalue weighted by molar-refractivity contribution is 5.76. The van der Waals surface area contributed by atoms with E-state index in [0.29, 0.717) is 30.9 Å². The van der Waals surface area contributed by atoms with Crippen molar-refractivity contribution in [1.29, 1.82) is 0 Å². The molecule has 4 nitrogen and oxygen atoms in total. The van der Waals surface area contributed by atoms with Crippen molar-refractivity contribution < 1.29 is 9.53 Å². The van der Waals surface area contributed by atoms with Gasteiger partial charge in [0.25, 0.3) is 0 Å². The van der Waals surface area contributed by atoms with Crippen LogP contribution in [0.2, 0.25) is 0 Å². The number of carbonyl (C=O) groups excluding carboxylic acids is 1. The second-order valence-electron chi connectivity index (χ2n) is 5.45. The second-order valence-corrected chi connectivity index (χ2v) is 5.45. The molecule has 1 aliphatic heterocycles. The van der Waals surface area contributed by atoms with Crippen molar-refractivity contribution in [2.75, 3.05) is 33.4 Å². The van der Waals surface area contributed by atoms with Crippen LogP contribution in [-0.4, -0.2) is 50.2 Å². The first kappa shape index (κ1) is 16.4. The van der Waals surface area contributed by atoms with Gasteiger partial charge in [-0.25, -0.2) is 0 Å². The van der Waals surface area contributed by atoms with E-state index in [0.717, 1.165) is 45.3 Å². The summed E-state index contributed by atoms with van der Waals surface area (Å²) in [6.45, 7) is 7.79. The molecule has 0 atom stereocenters. The maximum absolute atomic E-state index is 12.5. The lowest BCUT2D eigenvalue weighted by Gasteiger charge is -2.32. The Kier molecular flexibility index (Phi) is 8.07. The van der Waals surface area contributed by atoms with Crippen LogP contribution in [0.4, 0.5) is 0 Å². The Bertz CT molecular complexity index is 249. The summed E-state index contributed by atoms with van der Waals surface area (Å²) in [5, 5.41) is 3.35. The maximum Gasteiger partial charge on any atom is 0.223 e. The summed E-state index contributed by atoms with van der Waals surface area (Å²) in [6.07, 6.45) is 5.03. The molecule has 0 spiro atoms. The summed E-state index contributed by atoms with van der Waals surface area (Å²) < 4.78 is 5.15. The van der Waals surface area contributed by atoms with Gasteiger partial charge in [0.1, 0.15) is 0 Å². The SMILES string of the molecule is CCC(CC)N(CCOC)C(=O)CC1CCNCC1. The molecule has 0 aliphatic carbocycles. The highest BCUT2D eigenvalue weighted by Crippen LogP contribution is 2.19. The molecule has 0 saturated carbocycles. The lowest BCUT2D eigenvalue weighted by molar-refractivity contribution is -0.135. The third kappa shape index (κ3) is 5.49. The van der Waals surface area contributed by atoms with E-state index in [2.05, 4.69) is 19.2 Å². The largest absolute Gasteiger partial charge is 0.383 e. The average molecular weight is 270 g/mol. The van der Waals surface area contributed by atoms with Crippen LogP contribution >= 0.6 is 0 Å². The Morgan fingerprint density at radius 3 is 2.47 bits per heavy atom. The number of piperidine rings is 1. The second kappa shape index (κ2) is 9.32. The number of hydrogen-bond acceptors (Lipinski definition) is 3. The Morgan fingerprint density at radius 1 is 1.32 bits per heavy atom. The van der Waals surface area contributed by atoms with E-state index in [4.69, 9.17) is 4.74 Å². The zero-order valence-corrected chi connectivity index (χ0v) is 12.8. The van der Waals surface area contributed by atoms with Crippen LogP contribution in [0.5, 0.6) is 0 Å². The lowest BCUT2D eigenvalue weighted by atomic mass is 9.93. The molecule has 0 bridgehead atoms. The first-order chi connectivity index (χ1) is 9.22. The van der Waals surface area contributed by atoms with Crippen molar-refractivity contribution in [3.8, 4) is 0 Å². The van der Waals surface area contributed by atoms with E-state index in [1.807, 2.05) is 4.90 Å². The molecule has 0 unspecified atom stereocenters. The van der Waals surface area contributed by atoms with Crippen molar-refractivity contribution in [3.05, 3.63) is 0 Å². The van der Waals surface area contributed by atoms with Gasteiger partial charge in [-0.1, -0.05) is 13.8 Å². The number of rotatable bonds is 8. The normalized spacial score (nSPS) is 16.8. The zero-order chi connectivity index (χ0) is 14.1. The number of nitrogens with zero attached hydrogens (tertiary/aromatic N) is 1. The minimum Gasteiger partial charge on any atom is -0.383 e. The fourth-order valence-electron chi connectivity index (χ4n) is 2.88. The van der Waals surface area contributed by atoms with E-state index in [1.54, 1.807) is 7.11 Å². The van der Waals surface area contributed by atoms with Gasteiger partial charge in [-0.2, -0.15) is 0 Å². The van der Waals surface area contributed by atoms with Gasteiger partial charge in [-0.05, 0) is 44.7 Å². The van der Waals surface area contributed by atoms with Crippen LogP contribution in [0.3, 0.4) is 0 Å². The molecule has 1 heterocycles. The summed E-state index contributed by atoms with van der Waals surface area (Å²) >= 11 is 0. The van der Waals surface area contributed by atoms with Crippen molar-refractivity contribution >= 4 is 5.91 Å². The van der Waals surface area contributed by atoms with Gasteiger partial charge in [0, 0.05) is 26.1 Å². The van der Waals surface area contributed by atoms with Gasteiger partial charge in [-0.3, -0.25) is 4.79 Å². The van der Waals surface area contributed by atoms with Gasteiger partial charge in [0.15, 0.2) is 0 Å². The van der Waals surface area contributed by atoms with Crippen LogP contribution in [0.15, 0.2) is 0 Å². The molecule has 1 amide bonds. The quantitative estimate of drug-likeness (QED) is 0.734. The van der Waals surface area contributed by atoms with Crippen LogP contribution in [0, 0.1) is 5.92 Å². The smallest absolute Gasteiger partial charge is 0.223 e. The number of methoxy groups -OCH3 is 1. The number of ether oxygens (including phenoxy) is 1. The van der Waals surface area contributed by atoms with E-state index in [-0.39, 0.29) is 0 Å². The maximum atomic E-state index is 12.5. The molecule has 112 valence electrons. The van der Waals surface area contributed by atoms with Crippen molar-refractivity contribution in [2.45, 2.75) is 52.0 Å². The summed E-state index contributed by atoms with van der Waals surface area (Å²) in [5.74, 6) is 0.880. The van der Waals surface area contributed by atoms with E-state index >= 15 is 0 Å². The molecule has 1 N–H and O–H groups in total. The van der Waals surface area contributed by atoms with Crippen LogP contribution in [0.1, 0.15) is 46.0 Å². The minimum absolute atomic E-state index is 0.317. The fraction of sp³-hybridized carbons (Fsp3) is 0.933. The fourth-order valence-corrected chi connectivity index (χ4v) is 2.88. The first-order valence-corrected chi connectivity index (χ1v) is 7.72. The zero-order valence-electron chi connectivity index (χ0n) is 12.8. The third-order valence-corrected chi connectivity index (χ3v) is 4.16. The molecule has 4 heteroatoms. The van der Waals surface area contributed by atoms with Gasteiger partial charge in [0.2, 0.25) is 5.91 Å². The average Bonchev–Trinajstić information content (AvgIpc) is 2.44. The number of hydrogen-bond donors (Lipinski definition) is 1. The monoisotopic (exact) mass is 270 g/mol. The van der Waals surface area contributed by atoms with Crippen LogP contribution < -0.4 is 5.32 Å². The first-order valence-electron chi connectivity index (χ1n) is 7.72. The molecule has 0 radical (unpaired) electrons. The molecule has 1 rings (SSSR count). The van der Waals surface area contributed by atoms with Crippen LogP contribution in [0.25, 0.3) is 0 Å². The molecule has 0 aromatic carbocycles. The Labute approximate surface area is 117 Å². The number of nitrogens with one attached hydrogen (secondary N) is 1. The van der Waals surface area contributed by atoms with E-state index in [1.165, 1.54) is 0 Å². The topological polar surface area (TPSA) is 41.6 Å². The van der Waals surface area contributed by atoms with Crippen molar-refractivity contribution in [2.24, 2.45) is 5.92 Å². The molecular weight excluding hydrogens is 240 g/mol. The van der Waals surface area contributed by atoms with Crippen LogP contribution in [-0.2, 0) is 9.53 Å². The summed E-state index contributed by atoms with van der Waals surface area (Å²) in [5.41, 5.74) is 0. The summed E-state index contributed by atoms with van der Waals surface area (Å²) in [4.78, 5) is 14.6. The minimum atomic E-state index is 0.317. The molecule has 0 aromatic heterocycles. The number of amides is 1. The molecule has 1 saturated heterocycles. The predicted molar refractivity (Wildman–Crippen MR) is 78.2 cm³/mol. The van der Waals surface area contributed by atoms with E-state index in [9.17, 15) is 4.79 Å².